The number of ether oxygens (including phenoxy) is 2. The van der Waals surface area contributed by atoms with Gasteiger partial charge in [-0.3, -0.25) is 14.5 Å². The van der Waals surface area contributed by atoms with E-state index in [9.17, 15) is 14.4 Å². The Kier molecular flexibility index (Phi) is 8.52. The maximum Gasteiger partial charge on any atom is 0.354 e. The van der Waals surface area contributed by atoms with Gasteiger partial charge in [0.2, 0.25) is 0 Å². The number of amides is 1. The predicted molar refractivity (Wildman–Crippen MR) is 130 cm³/mol. The van der Waals surface area contributed by atoms with E-state index in [2.05, 4.69) is 4.90 Å². The van der Waals surface area contributed by atoms with E-state index in [0.29, 0.717) is 59.4 Å². The van der Waals surface area contributed by atoms with E-state index in [-0.39, 0.29) is 11.7 Å². The van der Waals surface area contributed by atoms with Crippen molar-refractivity contribution in [2.45, 2.75) is 26.8 Å². The second-order valence-corrected chi connectivity index (χ2v) is 8.86. The molecule has 3 rings (SSSR count). The average Bonchev–Trinajstić information content (AvgIpc) is 3.06. The van der Waals surface area contributed by atoms with Crippen molar-refractivity contribution in [3.8, 4) is 0 Å². The SMILES string of the molecule is COC(=O)c1c(C)c(C(=O)C(C)N(CCN2CCOCC2)C(=O)c2ccccc2Cl)c(C)n1C. The molecule has 0 bridgehead atoms. The van der Waals surface area contributed by atoms with Crippen LogP contribution in [0.15, 0.2) is 24.3 Å². The number of rotatable bonds is 8. The van der Waals surface area contributed by atoms with E-state index in [4.69, 9.17) is 21.1 Å². The van der Waals surface area contributed by atoms with Crippen molar-refractivity contribution in [1.29, 1.82) is 0 Å². The van der Waals surface area contributed by atoms with E-state index in [1.165, 1.54) is 7.11 Å². The number of carbonyl (C=O) groups excluding carboxylic acids is 3. The molecular weight excluding hydrogens is 458 g/mol. The van der Waals surface area contributed by atoms with Gasteiger partial charge in [-0.05, 0) is 38.5 Å². The van der Waals surface area contributed by atoms with Gasteiger partial charge < -0.3 is 18.9 Å². The largest absolute Gasteiger partial charge is 0.464 e. The highest BCUT2D eigenvalue weighted by Gasteiger charge is 2.33. The minimum atomic E-state index is -0.768. The molecule has 0 N–H and O–H groups in total. The van der Waals surface area contributed by atoms with Crippen molar-refractivity contribution in [3.63, 3.8) is 0 Å². The fraction of sp³-hybridized carbons (Fsp3) is 0.480. The molecule has 2 aromatic rings. The maximum atomic E-state index is 13.8. The number of hydrogen-bond acceptors (Lipinski definition) is 6. The quantitative estimate of drug-likeness (QED) is 0.418. The van der Waals surface area contributed by atoms with Crippen LogP contribution in [0, 0.1) is 13.8 Å². The highest BCUT2D eigenvalue weighted by molar-refractivity contribution is 6.33. The van der Waals surface area contributed by atoms with E-state index < -0.39 is 12.0 Å². The molecule has 34 heavy (non-hydrogen) atoms. The lowest BCUT2D eigenvalue weighted by molar-refractivity contribution is 0.0298. The highest BCUT2D eigenvalue weighted by atomic mass is 35.5. The summed E-state index contributed by atoms with van der Waals surface area (Å²) in [4.78, 5) is 43.4. The molecular formula is C25H32ClN3O5. The molecule has 184 valence electrons. The van der Waals surface area contributed by atoms with Gasteiger partial charge in [-0.25, -0.2) is 4.79 Å². The minimum absolute atomic E-state index is 0.233. The van der Waals surface area contributed by atoms with Gasteiger partial charge in [0.15, 0.2) is 5.78 Å². The normalized spacial score (nSPS) is 15.1. The number of benzene rings is 1. The van der Waals surface area contributed by atoms with Crippen LogP contribution in [0.5, 0.6) is 0 Å². The second-order valence-electron chi connectivity index (χ2n) is 8.46. The van der Waals surface area contributed by atoms with Crippen molar-refractivity contribution in [2.24, 2.45) is 7.05 Å². The first kappa shape index (κ1) is 25.9. The molecule has 9 heteroatoms. The molecule has 1 aliphatic heterocycles. The molecule has 1 fully saturated rings. The van der Waals surface area contributed by atoms with Gasteiger partial charge in [0.05, 0.1) is 37.0 Å². The summed E-state index contributed by atoms with van der Waals surface area (Å²) in [6.07, 6.45) is 0. The molecule has 0 saturated carbocycles. The minimum Gasteiger partial charge on any atom is -0.464 e. The Labute approximate surface area is 205 Å². The van der Waals surface area contributed by atoms with Crippen LogP contribution in [0.2, 0.25) is 5.02 Å². The third-order valence-corrected chi connectivity index (χ3v) is 6.86. The van der Waals surface area contributed by atoms with Crippen LogP contribution in [0.4, 0.5) is 0 Å². The molecule has 0 spiro atoms. The van der Waals surface area contributed by atoms with Gasteiger partial charge in [-0.2, -0.15) is 0 Å². The predicted octanol–water partition coefficient (Wildman–Crippen LogP) is 3.13. The van der Waals surface area contributed by atoms with Crippen molar-refractivity contribution >= 4 is 29.3 Å². The van der Waals surface area contributed by atoms with E-state index in [1.807, 2.05) is 0 Å². The van der Waals surface area contributed by atoms with Crippen molar-refractivity contribution in [1.82, 2.24) is 14.4 Å². The summed E-state index contributed by atoms with van der Waals surface area (Å²) in [5.74, 6) is -1.05. The summed E-state index contributed by atoms with van der Waals surface area (Å²) in [7, 11) is 3.03. The number of ketones is 1. The molecule has 1 atom stereocenters. The van der Waals surface area contributed by atoms with Gasteiger partial charge in [0, 0.05) is 44.5 Å². The number of morpholine rings is 1. The first-order chi connectivity index (χ1) is 16.2. The van der Waals surface area contributed by atoms with Gasteiger partial charge in [-0.1, -0.05) is 23.7 Å². The number of aromatic nitrogens is 1. The Bertz CT molecular complexity index is 1070. The molecule has 0 radical (unpaired) electrons. The van der Waals surface area contributed by atoms with Crippen LogP contribution in [-0.2, 0) is 16.5 Å². The monoisotopic (exact) mass is 489 g/mol. The Morgan fingerprint density at radius 1 is 1.18 bits per heavy atom. The Balaban J connectivity index is 1.95. The fourth-order valence-corrected chi connectivity index (χ4v) is 4.63. The lowest BCUT2D eigenvalue weighted by Crippen LogP contribution is -2.48. The third kappa shape index (κ3) is 5.19. The van der Waals surface area contributed by atoms with E-state index >= 15 is 0 Å². The number of esters is 1. The van der Waals surface area contributed by atoms with Gasteiger partial charge in [0.1, 0.15) is 5.69 Å². The van der Waals surface area contributed by atoms with Crippen LogP contribution in [0.1, 0.15) is 49.4 Å². The standard InChI is InChI=1S/C25H32ClN3O5/c1-16-21(17(2)27(4)22(16)25(32)33-5)23(30)18(3)29(11-10-28-12-14-34-15-13-28)24(31)19-8-6-7-9-20(19)26/h6-9,18H,10-15H2,1-5H3. The summed E-state index contributed by atoms with van der Waals surface area (Å²) >= 11 is 6.32. The zero-order chi connectivity index (χ0) is 25.0. The summed E-state index contributed by atoms with van der Waals surface area (Å²) < 4.78 is 12.0. The summed E-state index contributed by atoms with van der Waals surface area (Å²) in [6, 6.07) is 6.07. The number of Topliss-reactive ketones (excluding diaryl/α,β-unsaturated/α-hetero) is 1. The van der Waals surface area contributed by atoms with Gasteiger partial charge in [-0.15, -0.1) is 0 Å². The molecule has 1 aliphatic rings. The number of methoxy groups -OCH3 is 1. The van der Waals surface area contributed by atoms with Crippen LogP contribution in [-0.4, -0.2) is 84.6 Å². The average molecular weight is 490 g/mol. The van der Waals surface area contributed by atoms with E-state index in [1.54, 1.807) is 61.6 Å². The Morgan fingerprint density at radius 3 is 2.44 bits per heavy atom. The van der Waals surface area contributed by atoms with Crippen molar-refractivity contribution in [3.05, 3.63) is 57.4 Å². The Hall–Kier alpha value is -2.68. The van der Waals surface area contributed by atoms with Crippen LogP contribution < -0.4 is 0 Å². The topological polar surface area (TPSA) is 81.1 Å². The maximum absolute atomic E-state index is 13.8. The number of nitrogens with zero attached hydrogens (tertiary/aromatic N) is 3. The van der Waals surface area contributed by atoms with Gasteiger partial charge in [0.25, 0.3) is 5.91 Å². The smallest absolute Gasteiger partial charge is 0.354 e. The summed E-state index contributed by atoms with van der Waals surface area (Å²) in [5.41, 5.74) is 2.30. The fourth-order valence-electron chi connectivity index (χ4n) is 4.41. The number of carbonyl (C=O) groups is 3. The molecule has 0 aliphatic carbocycles. The second kappa shape index (κ2) is 11.2. The first-order valence-electron chi connectivity index (χ1n) is 11.3. The Morgan fingerprint density at radius 2 is 1.82 bits per heavy atom. The van der Waals surface area contributed by atoms with Crippen LogP contribution in [0.3, 0.4) is 0 Å². The molecule has 1 saturated heterocycles. The third-order valence-electron chi connectivity index (χ3n) is 6.53. The van der Waals surface area contributed by atoms with Crippen molar-refractivity contribution < 1.29 is 23.9 Å². The zero-order valence-electron chi connectivity index (χ0n) is 20.4. The van der Waals surface area contributed by atoms with Crippen molar-refractivity contribution in [2.75, 3.05) is 46.5 Å². The zero-order valence-corrected chi connectivity index (χ0v) is 21.1. The molecule has 1 unspecified atom stereocenters. The van der Waals surface area contributed by atoms with Crippen LogP contribution >= 0.6 is 11.6 Å². The van der Waals surface area contributed by atoms with E-state index in [0.717, 1.165) is 13.1 Å². The molecule has 1 aromatic carbocycles. The lowest BCUT2D eigenvalue weighted by atomic mass is 9.99. The molecule has 2 heterocycles. The molecule has 1 amide bonds. The lowest BCUT2D eigenvalue weighted by Gasteiger charge is -2.33. The summed E-state index contributed by atoms with van der Waals surface area (Å²) in [5, 5.41) is 0.337. The molecule has 1 aromatic heterocycles. The van der Waals surface area contributed by atoms with Gasteiger partial charge >= 0.3 is 5.97 Å². The number of hydrogen-bond donors (Lipinski definition) is 0. The van der Waals surface area contributed by atoms with Crippen LogP contribution in [0.25, 0.3) is 0 Å². The summed E-state index contributed by atoms with van der Waals surface area (Å²) in [6.45, 7) is 9.03. The molecule has 8 nitrogen and oxygen atoms in total. The first-order valence-corrected chi connectivity index (χ1v) is 11.7. The number of halogens is 1. The highest BCUT2D eigenvalue weighted by Crippen LogP contribution is 2.26.